The molecule has 3 rings (SSSR count). The summed E-state index contributed by atoms with van der Waals surface area (Å²) in [6, 6.07) is 3.99. The molecular formula is C16H22BN3O2. The maximum Gasteiger partial charge on any atom is 0.491 e. The number of fused-ring (bicyclic) bond motifs is 1. The van der Waals surface area contributed by atoms with Crippen molar-refractivity contribution >= 4 is 24.2 Å². The molecule has 116 valence electrons. The lowest BCUT2D eigenvalue weighted by atomic mass is 9.77. The highest BCUT2D eigenvalue weighted by atomic mass is 16.7. The van der Waals surface area contributed by atoms with Crippen LogP contribution in [0.15, 0.2) is 30.0 Å². The Morgan fingerprint density at radius 1 is 1.32 bits per heavy atom. The van der Waals surface area contributed by atoms with Crippen LogP contribution < -0.4 is 5.73 Å². The van der Waals surface area contributed by atoms with Crippen molar-refractivity contribution < 1.29 is 9.31 Å². The van der Waals surface area contributed by atoms with Gasteiger partial charge in [0.05, 0.1) is 22.2 Å². The Bertz CT molecular complexity index is 705. The molecule has 3 N–H and O–H groups in total. The molecule has 2 aromatic heterocycles. The topological polar surface area (TPSA) is 73.2 Å². The molecule has 1 fully saturated rings. The van der Waals surface area contributed by atoms with E-state index in [1.54, 1.807) is 0 Å². The van der Waals surface area contributed by atoms with Crippen LogP contribution in [0.5, 0.6) is 0 Å². The van der Waals surface area contributed by atoms with Crippen molar-refractivity contribution in [3.05, 3.63) is 35.6 Å². The van der Waals surface area contributed by atoms with E-state index in [-0.39, 0.29) is 11.2 Å². The maximum absolute atomic E-state index is 6.06. The normalized spacial score (nSPS) is 20.8. The molecule has 0 saturated carbocycles. The zero-order chi connectivity index (χ0) is 16.0. The molecule has 1 aliphatic rings. The molecule has 5 nitrogen and oxygen atoms in total. The molecule has 2 aromatic rings. The van der Waals surface area contributed by atoms with Gasteiger partial charge in [0.1, 0.15) is 0 Å². The summed E-state index contributed by atoms with van der Waals surface area (Å²) < 4.78 is 12.1. The number of H-pyrrole nitrogens is 1. The molecule has 0 radical (unpaired) electrons. The Morgan fingerprint density at radius 2 is 2.00 bits per heavy atom. The molecule has 0 aromatic carbocycles. The van der Waals surface area contributed by atoms with Gasteiger partial charge in [-0.3, -0.25) is 4.98 Å². The number of rotatable bonds is 3. The van der Waals surface area contributed by atoms with Gasteiger partial charge >= 0.3 is 7.12 Å². The molecule has 0 spiro atoms. The molecule has 22 heavy (non-hydrogen) atoms. The fourth-order valence-electron chi connectivity index (χ4n) is 2.46. The molecule has 0 unspecified atom stereocenters. The Hall–Kier alpha value is -1.63. The SMILES string of the molecule is CC1(C)OB(C(=Cc2cnc3cc[nH]c3c2)CN)OC1(C)C. The van der Waals surface area contributed by atoms with Gasteiger partial charge in [0.2, 0.25) is 0 Å². The fourth-order valence-corrected chi connectivity index (χ4v) is 2.46. The van der Waals surface area contributed by atoms with Gasteiger partial charge in [0.15, 0.2) is 0 Å². The van der Waals surface area contributed by atoms with Crippen molar-refractivity contribution in [3.63, 3.8) is 0 Å². The third-order valence-corrected chi connectivity index (χ3v) is 4.56. The quantitative estimate of drug-likeness (QED) is 0.854. The van der Waals surface area contributed by atoms with E-state index in [1.165, 1.54) is 0 Å². The summed E-state index contributed by atoms with van der Waals surface area (Å²) >= 11 is 0. The molecule has 1 saturated heterocycles. The van der Waals surface area contributed by atoms with Crippen LogP contribution in [0.25, 0.3) is 17.1 Å². The minimum atomic E-state index is -0.422. The molecule has 0 amide bonds. The number of nitrogens with one attached hydrogen (secondary N) is 1. The van der Waals surface area contributed by atoms with Crippen molar-refractivity contribution in [2.75, 3.05) is 6.54 Å². The average Bonchev–Trinajstić information content (AvgIpc) is 2.98. The van der Waals surface area contributed by atoms with Gasteiger partial charge in [-0.2, -0.15) is 0 Å². The van der Waals surface area contributed by atoms with Gasteiger partial charge in [-0.25, -0.2) is 0 Å². The predicted molar refractivity (Wildman–Crippen MR) is 89.2 cm³/mol. The zero-order valence-electron chi connectivity index (χ0n) is 13.5. The fraction of sp³-hybridized carbons (Fsp3) is 0.438. The van der Waals surface area contributed by atoms with Crippen LogP contribution in [0, 0.1) is 0 Å². The third-order valence-electron chi connectivity index (χ3n) is 4.56. The van der Waals surface area contributed by atoms with Gasteiger partial charge in [-0.15, -0.1) is 0 Å². The summed E-state index contributed by atoms with van der Waals surface area (Å²) in [5.41, 5.74) is 9.01. The predicted octanol–water partition coefficient (Wildman–Crippen LogP) is 2.54. The number of pyridine rings is 1. The highest BCUT2D eigenvalue weighted by Gasteiger charge is 2.52. The first-order valence-electron chi connectivity index (χ1n) is 7.52. The van der Waals surface area contributed by atoms with Crippen molar-refractivity contribution in [3.8, 4) is 0 Å². The van der Waals surface area contributed by atoms with Crippen molar-refractivity contribution in [1.82, 2.24) is 9.97 Å². The summed E-state index contributed by atoms with van der Waals surface area (Å²) in [6.45, 7) is 8.52. The molecule has 6 heteroatoms. The molecule has 0 atom stereocenters. The first-order valence-corrected chi connectivity index (χ1v) is 7.52. The standard InChI is InChI=1S/C16H22BN3O2/c1-15(2)16(3,4)22-17(21-15)12(9-18)7-11-8-14-13(20-10-11)5-6-19-14/h5-8,10,19H,9,18H2,1-4H3. The Balaban J connectivity index is 1.90. The van der Waals surface area contributed by atoms with Crippen molar-refractivity contribution in [1.29, 1.82) is 0 Å². The summed E-state index contributed by atoms with van der Waals surface area (Å²) in [7, 11) is -0.422. The van der Waals surface area contributed by atoms with E-state index in [2.05, 4.69) is 9.97 Å². The highest BCUT2D eigenvalue weighted by molar-refractivity contribution is 6.55. The minimum absolute atomic E-state index is 0.367. The number of aromatic nitrogens is 2. The lowest BCUT2D eigenvalue weighted by molar-refractivity contribution is 0.00578. The monoisotopic (exact) mass is 299 g/mol. The van der Waals surface area contributed by atoms with Crippen LogP contribution in [0.4, 0.5) is 0 Å². The van der Waals surface area contributed by atoms with Gasteiger partial charge in [-0.05, 0) is 50.9 Å². The molecule has 0 bridgehead atoms. The van der Waals surface area contributed by atoms with Gasteiger partial charge < -0.3 is 20.0 Å². The maximum atomic E-state index is 6.06. The lowest BCUT2D eigenvalue weighted by Gasteiger charge is -2.32. The van der Waals surface area contributed by atoms with Gasteiger partial charge in [0.25, 0.3) is 0 Å². The number of hydrogen-bond acceptors (Lipinski definition) is 4. The zero-order valence-corrected chi connectivity index (χ0v) is 13.5. The Morgan fingerprint density at radius 3 is 2.64 bits per heavy atom. The summed E-state index contributed by atoms with van der Waals surface area (Å²) in [6.07, 6.45) is 5.70. The van der Waals surface area contributed by atoms with Crippen LogP contribution in [-0.2, 0) is 9.31 Å². The number of aromatic amines is 1. The second-order valence-corrected chi connectivity index (χ2v) is 6.69. The minimum Gasteiger partial charge on any atom is -0.400 e. The third kappa shape index (κ3) is 2.58. The molecular weight excluding hydrogens is 277 g/mol. The van der Waals surface area contributed by atoms with E-state index in [0.717, 1.165) is 22.1 Å². The van der Waals surface area contributed by atoms with E-state index < -0.39 is 7.12 Å². The lowest BCUT2D eigenvalue weighted by Crippen LogP contribution is -2.41. The van der Waals surface area contributed by atoms with Crippen LogP contribution in [0.2, 0.25) is 0 Å². The number of hydrogen-bond donors (Lipinski definition) is 2. The van der Waals surface area contributed by atoms with Crippen molar-refractivity contribution in [2.24, 2.45) is 5.73 Å². The van der Waals surface area contributed by atoms with E-state index in [4.69, 9.17) is 15.0 Å². The summed E-state index contributed by atoms with van der Waals surface area (Å²) in [5.74, 6) is 0. The van der Waals surface area contributed by atoms with Crippen LogP contribution in [0.1, 0.15) is 33.3 Å². The molecule has 3 heterocycles. The van der Waals surface area contributed by atoms with E-state index in [9.17, 15) is 0 Å². The van der Waals surface area contributed by atoms with Crippen LogP contribution in [0.3, 0.4) is 0 Å². The first kappa shape index (κ1) is 15.3. The summed E-state index contributed by atoms with van der Waals surface area (Å²) in [5, 5.41) is 0. The highest BCUT2D eigenvalue weighted by Crippen LogP contribution is 2.38. The first-order chi connectivity index (χ1) is 10.3. The van der Waals surface area contributed by atoms with Gasteiger partial charge in [-0.1, -0.05) is 6.08 Å². The summed E-state index contributed by atoms with van der Waals surface area (Å²) in [4.78, 5) is 7.58. The molecule has 1 aliphatic heterocycles. The van der Waals surface area contributed by atoms with Crippen LogP contribution in [-0.4, -0.2) is 34.8 Å². The molecule has 0 aliphatic carbocycles. The van der Waals surface area contributed by atoms with Gasteiger partial charge in [0, 0.05) is 18.9 Å². The second-order valence-electron chi connectivity index (χ2n) is 6.69. The number of nitrogens with zero attached hydrogens (tertiary/aromatic N) is 1. The number of nitrogens with two attached hydrogens (primary N) is 1. The van der Waals surface area contributed by atoms with E-state index in [1.807, 2.05) is 58.3 Å². The van der Waals surface area contributed by atoms with E-state index >= 15 is 0 Å². The average molecular weight is 299 g/mol. The van der Waals surface area contributed by atoms with Crippen molar-refractivity contribution in [2.45, 2.75) is 38.9 Å². The largest absolute Gasteiger partial charge is 0.491 e. The smallest absolute Gasteiger partial charge is 0.400 e. The van der Waals surface area contributed by atoms with Crippen LogP contribution >= 0.6 is 0 Å². The second kappa shape index (κ2) is 5.23. The van der Waals surface area contributed by atoms with E-state index in [0.29, 0.717) is 6.54 Å². The Kier molecular flexibility index (Phi) is 3.63. The Labute approximate surface area is 131 Å².